The molecule has 0 aromatic carbocycles. The first kappa shape index (κ1) is 6.04. The number of carboxylic acids is 1. The van der Waals surface area contributed by atoms with E-state index in [1.807, 2.05) is 0 Å². The highest BCUT2D eigenvalue weighted by atomic mass is 33.1. The zero-order chi connectivity index (χ0) is 5.98. The van der Waals surface area contributed by atoms with Gasteiger partial charge in [-0.3, -0.25) is 0 Å². The molecule has 0 unspecified atom stereocenters. The van der Waals surface area contributed by atoms with Gasteiger partial charge in [0, 0.05) is 5.75 Å². The Morgan fingerprint density at radius 3 is 2.88 bits per heavy atom. The lowest BCUT2D eigenvalue weighted by atomic mass is 10.5. The van der Waals surface area contributed by atoms with E-state index in [0.717, 1.165) is 5.75 Å². The van der Waals surface area contributed by atoms with Crippen LogP contribution in [0.2, 0.25) is 0 Å². The molecule has 0 atom stereocenters. The normalized spacial score (nSPS) is 18.2. The SMILES string of the molecule is O=C(O)C1=CCSS1. The van der Waals surface area contributed by atoms with Gasteiger partial charge in [-0.1, -0.05) is 27.7 Å². The molecule has 2 nitrogen and oxygen atoms in total. The van der Waals surface area contributed by atoms with Crippen LogP contribution in [0.4, 0.5) is 0 Å². The first-order valence-electron chi connectivity index (χ1n) is 2.03. The summed E-state index contributed by atoms with van der Waals surface area (Å²) in [5.41, 5.74) is 0. The van der Waals surface area contributed by atoms with Gasteiger partial charge >= 0.3 is 5.97 Å². The molecule has 0 radical (unpaired) electrons. The van der Waals surface area contributed by atoms with Crippen molar-refractivity contribution in [2.45, 2.75) is 0 Å². The van der Waals surface area contributed by atoms with Crippen molar-refractivity contribution in [1.29, 1.82) is 0 Å². The number of hydrogen-bond donors (Lipinski definition) is 1. The summed E-state index contributed by atoms with van der Waals surface area (Å²) in [6.45, 7) is 0. The summed E-state index contributed by atoms with van der Waals surface area (Å²) >= 11 is 0. The van der Waals surface area contributed by atoms with Crippen molar-refractivity contribution >= 4 is 27.6 Å². The van der Waals surface area contributed by atoms with Crippen LogP contribution in [-0.4, -0.2) is 16.8 Å². The Balaban J connectivity index is 2.57. The van der Waals surface area contributed by atoms with Crippen LogP contribution in [0.25, 0.3) is 0 Å². The maximum atomic E-state index is 10.1. The summed E-state index contributed by atoms with van der Waals surface area (Å²) < 4.78 is 0. The number of carboxylic acid groups (broad SMARTS) is 1. The molecular weight excluding hydrogens is 144 g/mol. The molecule has 0 aliphatic carbocycles. The minimum absolute atomic E-state index is 0.468. The highest BCUT2D eigenvalue weighted by Gasteiger charge is 2.11. The van der Waals surface area contributed by atoms with Crippen molar-refractivity contribution in [2.75, 3.05) is 5.75 Å². The van der Waals surface area contributed by atoms with Crippen molar-refractivity contribution < 1.29 is 9.90 Å². The summed E-state index contributed by atoms with van der Waals surface area (Å²) in [7, 11) is 2.88. The molecule has 1 aliphatic rings. The van der Waals surface area contributed by atoms with Gasteiger partial charge in [-0.2, -0.15) is 0 Å². The highest BCUT2D eigenvalue weighted by Crippen LogP contribution is 2.36. The highest BCUT2D eigenvalue weighted by molar-refractivity contribution is 8.78. The standard InChI is InChI=1S/C4H4O2S2/c5-4(6)3-1-2-7-8-3/h1H,2H2,(H,5,6). The molecule has 0 saturated carbocycles. The summed E-state index contributed by atoms with van der Waals surface area (Å²) in [6, 6.07) is 0. The molecule has 0 aromatic rings. The topological polar surface area (TPSA) is 37.3 Å². The van der Waals surface area contributed by atoms with Gasteiger partial charge < -0.3 is 5.11 Å². The van der Waals surface area contributed by atoms with Crippen molar-refractivity contribution in [3.05, 3.63) is 11.0 Å². The predicted octanol–water partition coefficient (Wildman–Crippen LogP) is 1.35. The van der Waals surface area contributed by atoms with E-state index >= 15 is 0 Å². The summed E-state index contributed by atoms with van der Waals surface area (Å²) in [5.74, 6) is 0.0201. The Bertz CT molecular complexity index is 141. The Morgan fingerprint density at radius 1 is 1.88 bits per heavy atom. The molecule has 0 fully saturated rings. The second-order valence-corrected chi connectivity index (χ2v) is 3.62. The van der Waals surface area contributed by atoms with E-state index < -0.39 is 5.97 Å². The van der Waals surface area contributed by atoms with E-state index in [2.05, 4.69) is 0 Å². The van der Waals surface area contributed by atoms with Crippen molar-refractivity contribution in [3.63, 3.8) is 0 Å². The minimum atomic E-state index is -0.806. The number of hydrogen-bond acceptors (Lipinski definition) is 3. The maximum Gasteiger partial charge on any atom is 0.342 e. The lowest BCUT2D eigenvalue weighted by molar-refractivity contribution is -0.131. The fraction of sp³-hybridized carbons (Fsp3) is 0.250. The van der Waals surface area contributed by atoms with Gasteiger partial charge in [-0.05, 0) is 0 Å². The van der Waals surface area contributed by atoms with Gasteiger partial charge in [0.2, 0.25) is 0 Å². The quantitative estimate of drug-likeness (QED) is 0.569. The zero-order valence-electron chi connectivity index (χ0n) is 3.96. The van der Waals surface area contributed by atoms with Crippen LogP contribution in [0, 0.1) is 0 Å². The fourth-order valence-electron chi connectivity index (χ4n) is 0.364. The average Bonchev–Trinajstić information content (AvgIpc) is 2.12. The van der Waals surface area contributed by atoms with Crippen LogP contribution in [0.5, 0.6) is 0 Å². The van der Waals surface area contributed by atoms with Gasteiger partial charge in [0.1, 0.15) is 4.91 Å². The molecule has 0 bridgehead atoms. The first-order chi connectivity index (χ1) is 3.80. The van der Waals surface area contributed by atoms with Crippen LogP contribution in [0.15, 0.2) is 11.0 Å². The molecule has 1 rings (SSSR count). The van der Waals surface area contributed by atoms with Crippen LogP contribution in [-0.2, 0) is 4.79 Å². The van der Waals surface area contributed by atoms with E-state index in [1.54, 1.807) is 16.9 Å². The number of carbonyl (C=O) groups is 1. The van der Waals surface area contributed by atoms with Crippen LogP contribution >= 0.6 is 21.6 Å². The van der Waals surface area contributed by atoms with Gasteiger partial charge in [0.15, 0.2) is 0 Å². The number of aliphatic carboxylic acids is 1. The van der Waals surface area contributed by atoms with Crippen molar-refractivity contribution in [3.8, 4) is 0 Å². The molecule has 44 valence electrons. The zero-order valence-corrected chi connectivity index (χ0v) is 5.59. The Morgan fingerprint density at radius 2 is 2.62 bits per heavy atom. The van der Waals surface area contributed by atoms with E-state index in [1.165, 1.54) is 10.8 Å². The molecule has 0 amide bonds. The molecule has 4 heteroatoms. The molecule has 1 heterocycles. The molecule has 8 heavy (non-hydrogen) atoms. The van der Waals surface area contributed by atoms with E-state index in [0.29, 0.717) is 4.91 Å². The minimum Gasteiger partial charge on any atom is -0.477 e. The fourth-order valence-corrected chi connectivity index (χ4v) is 2.33. The van der Waals surface area contributed by atoms with Gasteiger partial charge in [-0.15, -0.1) is 0 Å². The molecular formula is C4H4O2S2. The van der Waals surface area contributed by atoms with E-state index in [4.69, 9.17) is 5.11 Å². The van der Waals surface area contributed by atoms with Crippen LogP contribution in [0.1, 0.15) is 0 Å². The lowest BCUT2D eigenvalue weighted by Crippen LogP contribution is -1.92. The third-order valence-corrected chi connectivity index (χ3v) is 2.94. The molecule has 0 spiro atoms. The van der Waals surface area contributed by atoms with E-state index in [-0.39, 0.29) is 0 Å². The summed E-state index contributed by atoms with van der Waals surface area (Å²) in [4.78, 5) is 10.6. The van der Waals surface area contributed by atoms with Gasteiger partial charge in [0.05, 0.1) is 0 Å². The average molecular weight is 148 g/mol. The van der Waals surface area contributed by atoms with Gasteiger partial charge in [0.25, 0.3) is 0 Å². The Labute approximate surface area is 54.7 Å². The van der Waals surface area contributed by atoms with E-state index in [9.17, 15) is 4.79 Å². The molecule has 0 saturated heterocycles. The maximum absolute atomic E-state index is 10.1. The predicted molar refractivity (Wildman–Crippen MR) is 35.8 cm³/mol. The third-order valence-electron chi connectivity index (χ3n) is 0.696. The third kappa shape index (κ3) is 1.20. The van der Waals surface area contributed by atoms with Crippen molar-refractivity contribution in [1.82, 2.24) is 0 Å². The van der Waals surface area contributed by atoms with Crippen LogP contribution in [0.3, 0.4) is 0 Å². The summed E-state index contributed by atoms with van der Waals surface area (Å²) in [5, 5.41) is 8.31. The van der Waals surface area contributed by atoms with Gasteiger partial charge in [-0.25, -0.2) is 4.79 Å². The largest absolute Gasteiger partial charge is 0.477 e. The lowest BCUT2D eigenvalue weighted by Gasteiger charge is -1.85. The smallest absolute Gasteiger partial charge is 0.342 e. The second-order valence-electron chi connectivity index (χ2n) is 1.24. The second kappa shape index (κ2) is 2.46. The Kier molecular flexibility index (Phi) is 1.85. The molecule has 1 aliphatic heterocycles. The monoisotopic (exact) mass is 148 g/mol. The van der Waals surface area contributed by atoms with Crippen molar-refractivity contribution in [2.24, 2.45) is 0 Å². The number of rotatable bonds is 1. The van der Waals surface area contributed by atoms with Crippen LogP contribution < -0.4 is 0 Å². The molecule has 0 aromatic heterocycles. The Hall–Kier alpha value is -0.0900. The first-order valence-corrected chi connectivity index (χ1v) is 4.35. The molecule has 1 N–H and O–H groups in total. The summed E-state index contributed by atoms with van der Waals surface area (Å²) in [6.07, 6.45) is 1.72.